The van der Waals surface area contributed by atoms with E-state index in [0.29, 0.717) is 6.54 Å². The lowest BCUT2D eigenvalue weighted by Crippen LogP contribution is -2.57. The number of amides is 2. The number of benzene rings is 2. The summed E-state index contributed by atoms with van der Waals surface area (Å²) in [4.78, 5) is 26.2. The third-order valence-electron chi connectivity index (χ3n) is 6.22. The van der Waals surface area contributed by atoms with E-state index >= 15 is 0 Å². The van der Waals surface area contributed by atoms with Crippen molar-refractivity contribution in [1.82, 2.24) is 10.2 Å². The lowest BCUT2D eigenvalue weighted by atomic mass is 9.82. The quantitative estimate of drug-likeness (QED) is 0.601. The summed E-state index contributed by atoms with van der Waals surface area (Å²) in [5.41, 5.74) is 1.86. The maximum Gasteiger partial charge on any atom is 0.412 e. The molecule has 0 saturated carbocycles. The van der Waals surface area contributed by atoms with Gasteiger partial charge in [-0.25, -0.2) is 4.79 Å². The first-order valence-corrected chi connectivity index (χ1v) is 11.4. The summed E-state index contributed by atoms with van der Waals surface area (Å²) in [6.45, 7) is 8.13. The number of carbonyl (C=O) groups excluding carboxylic acids is 2. The predicted octanol–water partition coefficient (Wildman–Crippen LogP) is 4.32. The largest absolute Gasteiger partial charge is 0.444 e. The van der Waals surface area contributed by atoms with Crippen LogP contribution in [0.25, 0.3) is 0 Å². The highest BCUT2D eigenvalue weighted by Gasteiger charge is 2.41. The summed E-state index contributed by atoms with van der Waals surface area (Å²) >= 11 is 0. The standard InChI is InChI=1S/C26H34N2O5/c1-18-19(2)24(27-21(4)29)25(33-20(18)3)32-17-28(15-22-11-7-5-8-12-22)26(30)31-16-23-13-9-6-10-14-23/h5-14,18-20,24-25H,15-17H2,1-4H3,(H,27,29)/t18-,19+,20?,24?,25-/m1/s1. The fourth-order valence-electron chi connectivity index (χ4n) is 3.94. The van der Waals surface area contributed by atoms with Crippen molar-refractivity contribution in [3.63, 3.8) is 0 Å². The molecule has 1 aliphatic heterocycles. The van der Waals surface area contributed by atoms with Gasteiger partial charge in [0.2, 0.25) is 5.91 Å². The van der Waals surface area contributed by atoms with Gasteiger partial charge in [-0.15, -0.1) is 0 Å². The van der Waals surface area contributed by atoms with E-state index in [0.717, 1.165) is 11.1 Å². The maximum atomic E-state index is 12.9. The van der Waals surface area contributed by atoms with Crippen molar-refractivity contribution in [1.29, 1.82) is 0 Å². The molecular formula is C26H34N2O5. The normalized spacial score (nSPS) is 24.7. The highest BCUT2D eigenvalue weighted by molar-refractivity contribution is 5.73. The van der Waals surface area contributed by atoms with Gasteiger partial charge < -0.3 is 19.5 Å². The summed E-state index contributed by atoms with van der Waals surface area (Å²) in [5.74, 6) is 0.252. The molecule has 7 heteroatoms. The molecule has 0 aliphatic carbocycles. The van der Waals surface area contributed by atoms with Gasteiger partial charge in [0.25, 0.3) is 0 Å². The van der Waals surface area contributed by atoms with Gasteiger partial charge >= 0.3 is 6.09 Å². The average Bonchev–Trinajstić information content (AvgIpc) is 2.82. The molecule has 2 unspecified atom stereocenters. The van der Waals surface area contributed by atoms with E-state index in [1.54, 1.807) is 0 Å². The summed E-state index contributed by atoms with van der Waals surface area (Å²) in [6, 6.07) is 18.9. The molecule has 2 amide bonds. The second-order valence-corrected chi connectivity index (χ2v) is 8.67. The molecule has 0 spiro atoms. The first-order chi connectivity index (χ1) is 15.8. The molecule has 33 heavy (non-hydrogen) atoms. The average molecular weight is 455 g/mol. The second kappa shape index (κ2) is 11.8. The lowest BCUT2D eigenvalue weighted by Gasteiger charge is -2.44. The van der Waals surface area contributed by atoms with Gasteiger partial charge in [-0.1, -0.05) is 74.5 Å². The molecule has 0 radical (unpaired) electrons. The molecule has 7 nitrogen and oxygen atoms in total. The molecule has 1 heterocycles. The van der Waals surface area contributed by atoms with Crippen molar-refractivity contribution >= 4 is 12.0 Å². The zero-order valence-corrected chi connectivity index (χ0v) is 19.8. The number of rotatable bonds is 8. The number of hydrogen-bond acceptors (Lipinski definition) is 5. The van der Waals surface area contributed by atoms with Crippen molar-refractivity contribution < 1.29 is 23.8 Å². The van der Waals surface area contributed by atoms with Crippen LogP contribution in [0, 0.1) is 11.8 Å². The summed E-state index contributed by atoms with van der Waals surface area (Å²) in [6.07, 6.45) is -1.19. The molecule has 5 atom stereocenters. The molecule has 1 aliphatic rings. The fraction of sp³-hybridized carbons (Fsp3) is 0.462. The van der Waals surface area contributed by atoms with Crippen LogP contribution in [0.15, 0.2) is 60.7 Å². The minimum atomic E-state index is -0.671. The van der Waals surface area contributed by atoms with Crippen molar-refractivity contribution in [2.45, 2.75) is 59.3 Å². The minimum Gasteiger partial charge on any atom is -0.444 e. The van der Waals surface area contributed by atoms with E-state index in [4.69, 9.17) is 14.2 Å². The molecule has 2 aromatic rings. The van der Waals surface area contributed by atoms with Crippen molar-refractivity contribution in [2.75, 3.05) is 6.73 Å². The van der Waals surface area contributed by atoms with Crippen LogP contribution in [0.5, 0.6) is 0 Å². The molecule has 0 bridgehead atoms. The predicted molar refractivity (Wildman–Crippen MR) is 125 cm³/mol. The van der Waals surface area contributed by atoms with E-state index in [9.17, 15) is 9.59 Å². The Labute approximate surface area is 196 Å². The van der Waals surface area contributed by atoms with Gasteiger partial charge in [-0.2, -0.15) is 0 Å². The summed E-state index contributed by atoms with van der Waals surface area (Å²) in [5, 5.41) is 2.96. The van der Waals surface area contributed by atoms with Gasteiger partial charge in [-0.3, -0.25) is 9.69 Å². The first kappa shape index (κ1) is 24.7. The Balaban J connectivity index is 1.69. The van der Waals surface area contributed by atoms with E-state index in [1.165, 1.54) is 11.8 Å². The Morgan fingerprint density at radius 1 is 0.939 bits per heavy atom. The van der Waals surface area contributed by atoms with Crippen LogP contribution in [0.4, 0.5) is 4.79 Å². The van der Waals surface area contributed by atoms with Crippen molar-refractivity contribution in [3.8, 4) is 0 Å². The van der Waals surface area contributed by atoms with Crippen LogP contribution in [-0.4, -0.2) is 42.1 Å². The van der Waals surface area contributed by atoms with E-state index < -0.39 is 12.4 Å². The number of nitrogens with zero attached hydrogens (tertiary/aromatic N) is 1. The molecule has 2 aromatic carbocycles. The Kier molecular flexibility index (Phi) is 8.86. The van der Waals surface area contributed by atoms with Gasteiger partial charge in [0.15, 0.2) is 6.29 Å². The highest BCUT2D eigenvalue weighted by atomic mass is 16.7. The zero-order chi connectivity index (χ0) is 23.8. The summed E-state index contributed by atoms with van der Waals surface area (Å²) in [7, 11) is 0. The monoisotopic (exact) mass is 454 g/mol. The SMILES string of the molecule is CC(=O)NC1[C@H](OCN(Cc2ccccc2)C(=O)OCc2ccccc2)OC(C)[C@H](C)[C@@H]1C. The van der Waals surface area contributed by atoms with Crippen LogP contribution in [0.1, 0.15) is 38.8 Å². The van der Waals surface area contributed by atoms with Gasteiger partial charge in [-0.05, 0) is 29.9 Å². The second-order valence-electron chi connectivity index (χ2n) is 8.67. The van der Waals surface area contributed by atoms with Crippen LogP contribution in [-0.2, 0) is 32.2 Å². The van der Waals surface area contributed by atoms with Crippen LogP contribution < -0.4 is 5.32 Å². The molecule has 1 N–H and O–H groups in total. The Morgan fingerprint density at radius 2 is 1.55 bits per heavy atom. The number of nitrogens with one attached hydrogen (secondary N) is 1. The third kappa shape index (κ3) is 7.04. The third-order valence-corrected chi connectivity index (χ3v) is 6.22. The van der Waals surface area contributed by atoms with E-state index in [-0.39, 0.29) is 43.2 Å². The molecule has 178 valence electrons. The topological polar surface area (TPSA) is 77.1 Å². The Hall–Kier alpha value is -2.90. The highest BCUT2D eigenvalue weighted by Crippen LogP contribution is 2.31. The van der Waals surface area contributed by atoms with Crippen LogP contribution >= 0.6 is 0 Å². The Morgan fingerprint density at radius 3 is 2.15 bits per heavy atom. The fourth-order valence-corrected chi connectivity index (χ4v) is 3.94. The molecule has 0 aromatic heterocycles. The van der Waals surface area contributed by atoms with E-state index in [2.05, 4.69) is 19.2 Å². The number of ether oxygens (including phenoxy) is 3. The molecular weight excluding hydrogens is 420 g/mol. The van der Waals surface area contributed by atoms with Gasteiger partial charge in [0.1, 0.15) is 13.3 Å². The first-order valence-electron chi connectivity index (χ1n) is 11.4. The molecule has 3 rings (SSSR count). The van der Waals surface area contributed by atoms with Crippen molar-refractivity contribution in [2.24, 2.45) is 11.8 Å². The Bertz CT molecular complexity index is 892. The van der Waals surface area contributed by atoms with Gasteiger partial charge in [0.05, 0.1) is 18.7 Å². The minimum absolute atomic E-state index is 0.0307. The number of hydrogen-bond donors (Lipinski definition) is 1. The number of carbonyl (C=O) groups is 2. The van der Waals surface area contributed by atoms with Crippen LogP contribution in [0.2, 0.25) is 0 Å². The summed E-state index contributed by atoms with van der Waals surface area (Å²) < 4.78 is 17.7. The molecule has 1 fully saturated rings. The van der Waals surface area contributed by atoms with Crippen LogP contribution in [0.3, 0.4) is 0 Å². The molecule has 1 saturated heterocycles. The van der Waals surface area contributed by atoms with Crippen molar-refractivity contribution in [3.05, 3.63) is 71.8 Å². The van der Waals surface area contributed by atoms with Gasteiger partial charge in [0, 0.05) is 6.92 Å². The van der Waals surface area contributed by atoms with E-state index in [1.807, 2.05) is 67.6 Å². The lowest BCUT2D eigenvalue weighted by molar-refractivity contribution is -0.242. The maximum absolute atomic E-state index is 12.9. The smallest absolute Gasteiger partial charge is 0.412 e. The zero-order valence-electron chi connectivity index (χ0n) is 19.8.